The maximum absolute atomic E-state index is 3.30. The van der Waals surface area contributed by atoms with Crippen LogP contribution in [0.25, 0.3) is 0 Å². The first-order valence-electron chi connectivity index (χ1n) is 7.80. The fraction of sp³-hybridized carbons (Fsp3) is 0.882. The van der Waals surface area contributed by atoms with Crippen LogP contribution < -0.4 is 0 Å². The Bertz CT molecular complexity index is 194. The van der Waals surface area contributed by atoms with E-state index in [0.717, 1.165) is 18.8 Å². The molecule has 0 aromatic rings. The fourth-order valence-electron chi connectivity index (χ4n) is 2.18. The topological polar surface area (TPSA) is 0 Å². The van der Waals surface area contributed by atoms with Gasteiger partial charge in [0.25, 0.3) is 0 Å². The van der Waals surface area contributed by atoms with Crippen LogP contribution in [0.4, 0.5) is 0 Å². The summed E-state index contributed by atoms with van der Waals surface area (Å²) in [6.45, 7) is 6.72. The zero-order valence-corrected chi connectivity index (χ0v) is 12.4. The maximum Gasteiger partial charge on any atom is 0.0117 e. The summed E-state index contributed by atoms with van der Waals surface area (Å²) in [5, 5.41) is 0. The third kappa shape index (κ3) is 11.8. The molecule has 0 aliphatic carbocycles. The Hall–Kier alpha value is -0.440. The Kier molecular flexibility index (Phi) is 13.3. The molecule has 1 atom stereocenters. The van der Waals surface area contributed by atoms with Crippen molar-refractivity contribution in [1.82, 2.24) is 0 Å². The van der Waals surface area contributed by atoms with Gasteiger partial charge in [-0.1, -0.05) is 72.1 Å². The van der Waals surface area contributed by atoms with Gasteiger partial charge in [0.1, 0.15) is 0 Å². The molecular weight excluding hydrogens is 204 g/mol. The van der Waals surface area contributed by atoms with Gasteiger partial charge >= 0.3 is 0 Å². The van der Waals surface area contributed by atoms with Crippen molar-refractivity contribution >= 4 is 0 Å². The minimum Gasteiger partial charge on any atom is -0.104 e. The Morgan fingerprint density at radius 2 is 1.41 bits per heavy atom. The lowest BCUT2D eigenvalue weighted by Gasteiger charge is -2.10. The van der Waals surface area contributed by atoms with E-state index in [1.54, 1.807) is 0 Å². The zero-order valence-electron chi connectivity index (χ0n) is 12.4. The van der Waals surface area contributed by atoms with Crippen LogP contribution in [0.2, 0.25) is 0 Å². The second-order valence-electron chi connectivity index (χ2n) is 5.10. The summed E-state index contributed by atoms with van der Waals surface area (Å²) in [6.07, 6.45) is 14.8. The van der Waals surface area contributed by atoms with E-state index in [9.17, 15) is 0 Å². The molecule has 0 heteroatoms. The van der Waals surface area contributed by atoms with Crippen LogP contribution in [-0.2, 0) is 0 Å². The molecule has 0 radical (unpaired) electrons. The molecule has 0 amide bonds. The highest BCUT2D eigenvalue weighted by Crippen LogP contribution is 2.17. The minimum absolute atomic E-state index is 0.852. The third-order valence-electron chi connectivity index (χ3n) is 3.49. The Labute approximate surface area is 110 Å². The van der Waals surface area contributed by atoms with Crippen molar-refractivity contribution in [3.8, 4) is 11.8 Å². The fourth-order valence-corrected chi connectivity index (χ4v) is 2.18. The predicted octanol–water partition coefficient (Wildman–Crippen LogP) is 5.96. The van der Waals surface area contributed by atoms with E-state index in [4.69, 9.17) is 0 Å². The van der Waals surface area contributed by atoms with Crippen molar-refractivity contribution in [3.05, 3.63) is 0 Å². The average molecular weight is 236 g/mol. The number of rotatable bonds is 10. The van der Waals surface area contributed by atoms with E-state index >= 15 is 0 Å². The van der Waals surface area contributed by atoms with E-state index < -0.39 is 0 Å². The summed E-state index contributed by atoms with van der Waals surface area (Å²) in [6, 6.07) is 0. The maximum atomic E-state index is 3.30. The zero-order chi connectivity index (χ0) is 12.8. The largest absolute Gasteiger partial charge is 0.104 e. The van der Waals surface area contributed by atoms with Crippen molar-refractivity contribution in [3.63, 3.8) is 0 Å². The molecule has 1 unspecified atom stereocenters. The lowest BCUT2D eigenvalue weighted by Crippen LogP contribution is -1.97. The Morgan fingerprint density at radius 3 is 2.00 bits per heavy atom. The highest BCUT2D eigenvalue weighted by Gasteiger charge is 2.03. The second kappa shape index (κ2) is 13.6. The van der Waals surface area contributed by atoms with Gasteiger partial charge in [0.2, 0.25) is 0 Å². The summed E-state index contributed by atoms with van der Waals surface area (Å²) < 4.78 is 0. The molecule has 100 valence electrons. The van der Waals surface area contributed by atoms with Gasteiger partial charge in [0.15, 0.2) is 0 Å². The molecule has 0 fully saturated rings. The van der Waals surface area contributed by atoms with E-state index in [-0.39, 0.29) is 0 Å². The first-order valence-corrected chi connectivity index (χ1v) is 7.80. The van der Waals surface area contributed by atoms with Crippen molar-refractivity contribution in [2.24, 2.45) is 5.92 Å². The predicted molar refractivity (Wildman–Crippen MR) is 79.1 cm³/mol. The average Bonchev–Trinajstić information content (AvgIpc) is 2.35. The van der Waals surface area contributed by atoms with Gasteiger partial charge in [-0.05, 0) is 12.3 Å². The van der Waals surface area contributed by atoms with Crippen LogP contribution >= 0.6 is 0 Å². The van der Waals surface area contributed by atoms with Gasteiger partial charge in [-0.2, -0.15) is 0 Å². The molecule has 0 saturated carbocycles. The normalized spacial score (nSPS) is 11.9. The first-order chi connectivity index (χ1) is 8.35. The van der Waals surface area contributed by atoms with E-state index in [2.05, 4.69) is 32.6 Å². The van der Waals surface area contributed by atoms with Crippen molar-refractivity contribution in [1.29, 1.82) is 0 Å². The lowest BCUT2D eigenvalue weighted by molar-refractivity contribution is 0.446. The van der Waals surface area contributed by atoms with Crippen molar-refractivity contribution in [2.45, 2.75) is 91.4 Å². The summed E-state index contributed by atoms with van der Waals surface area (Å²) in [4.78, 5) is 0. The van der Waals surface area contributed by atoms with Gasteiger partial charge < -0.3 is 0 Å². The second-order valence-corrected chi connectivity index (χ2v) is 5.10. The molecule has 0 aliphatic heterocycles. The Morgan fingerprint density at radius 1 is 0.765 bits per heavy atom. The molecule has 0 bridgehead atoms. The van der Waals surface area contributed by atoms with E-state index in [1.165, 1.54) is 57.8 Å². The molecule has 0 nitrogen and oxygen atoms in total. The number of hydrogen-bond donors (Lipinski definition) is 0. The summed E-state index contributed by atoms with van der Waals surface area (Å²) >= 11 is 0. The highest BCUT2D eigenvalue weighted by molar-refractivity contribution is 4.98. The standard InChI is InChI=1S/C17H32/c1-4-7-9-10-11-12-14-16-17(6-3)15-13-8-5-2/h17H,4-7,9-12,14-16H2,1-3H3. The molecule has 0 saturated heterocycles. The molecule has 0 heterocycles. The minimum atomic E-state index is 0.852. The van der Waals surface area contributed by atoms with Crippen LogP contribution in [0.3, 0.4) is 0 Å². The van der Waals surface area contributed by atoms with Crippen molar-refractivity contribution < 1.29 is 0 Å². The molecule has 0 rings (SSSR count). The van der Waals surface area contributed by atoms with Gasteiger partial charge in [0.05, 0.1) is 0 Å². The molecule has 0 spiro atoms. The number of hydrogen-bond acceptors (Lipinski definition) is 0. The van der Waals surface area contributed by atoms with Crippen LogP contribution in [0.5, 0.6) is 0 Å². The molecule has 0 N–H and O–H groups in total. The summed E-state index contributed by atoms with van der Waals surface area (Å²) in [5.41, 5.74) is 0. The first kappa shape index (κ1) is 16.6. The number of unbranched alkanes of at least 4 members (excludes halogenated alkanes) is 6. The molecule has 0 aromatic carbocycles. The van der Waals surface area contributed by atoms with Crippen LogP contribution in [0.1, 0.15) is 91.4 Å². The monoisotopic (exact) mass is 236 g/mol. The van der Waals surface area contributed by atoms with Gasteiger partial charge in [-0.3, -0.25) is 0 Å². The van der Waals surface area contributed by atoms with E-state index in [0.29, 0.717) is 0 Å². The lowest BCUT2D eigenvalue weighted by atomic mass is 9.95. The summed E-state index contributed by atoms with van der Waals surface area (Å²) in [7, 11) is 0. The van der Waals surface area contributed by atoms with Gasteiger partial charge in [0, 0.05) is 12.8 Å². The SMILES string of the molecule is CCC#CCC(CC)CCCCCCCCC. The van der Waals surface area contributed by atoms with Gasteiger partial charge in [-0.15, -0.1) is 11.8 Å². The molecule has 0 aromatic heterocycles. The van der Waals surface area contributed by atoms with Crippen LogP contribution in [0, 0.1) is 17.8 Å². The summed E-state index contributed by atoms with van der Waals surface area (Å²) in [5.74, 6) is 7.34. The molecule has 0 aliphatic rings. The highest BCUT2D eigenvalue weighted by atomic mass is 14.1. The Balaban J connectivity index is 3.37. The van der Waals surface area contributed by atoms with Crippen LogP contribution in [-0.4, -0.2) is 0 Å². The smallest absolute Gasteiger partial charge is 0.0117 e. The molecule has 17 heavy (non-hydrogen) atoms. The third-order valence-corrected chi connectivity index (χ3v) is 3.49. The van der Waals surface area contributed by atoms with E-state index in [1.807, 2.05) is 0 Å². The quantitative estimate of drug-likeness (QED) is 0.324. The van der Waals surface area contributed by atoms with Crippen LogP contribution in [0.15, 0.2) is 0 Å². The molecular formula is C17H32. The van der Waals surface area contributed by atoms with Gasteiger partial charge in [-0.25, -0.2) is 0 Å². The van der Waals surface area contributed by atoms with Crippen molar-refractivity contribution in [2.75, 3.05) is 0 Å².